The summed E-state index contributed by atoms with van der Waals surface area (Å²) in [7, 11) is 0. The summed E-state index contributed by atoms with van der Waals surface area (Å²) in [6.07, 6.45) is 1.29. The molecule has 26 heavy (non-hydrogen) atoms. The molecule has 0 spiro atoms. The summed E-state index contributed by atoms with van der Waals surface area (Å²) >= 11 is 0. The van der Waals surface area contributed by atoms with Crippen LogP contribution in [0.25, 0.3) is 16.9 Å². The second-order valence-corrected chi connectivity index (χ2v) is 6.89. The van der Waals surface area contributed by atoms with Crippen molar-refractivity contribution in [3.05, 3.63) is 48.7 Å². The molecule has 2 N–H and O–H groups in total. The van der Waals surface area contributed by atoms with Gasteiger partial charge in [0.15, 0.2) is 11.5 Å². The number of amides is 1. The molecule has 0 fully saturated rings. The molecule has 0 radical (unpaired) electrons. The minimum absolute atomic E-state index is 0.300. The smallest absolute Gasteiger partial charge is 0.416 e. The van der Waals surface area contributed by atoms with E-state index in [9.17, 15) is 4.79 Å². The Morgan fingerprint density at radius 1 is 1.19 bits per heavy atom. The van der Waals surface area contributed by atoms with Gasteiger partial charge in [0.1, 0.15) is 5.60 Å². The van der Waals surface area contributed by atoms with E-state index >= 15 is 0 Å². The van der Waals surface area contributed by atoms with E-state index in [0.29, 0.717) is 24.6 Å². The molecule has 136 valence electrons. The summed E-state index contributed by atoms with van der Waals surface area (Å²) in [6.45, 7) is 6.08. The van der Waals surface area contributed by atoms with Crippen molar-refractivity contribution in [3.63, 3.8) is 0 Å². The van der Waals surface area contributed by atoms with Crippen LogP contribution in [0.3, 0.4) is 0 Å². The maximum Gasteiger partial charge on any atom is 0.416 e. The van der Waals surface area contributed by atoms with Crippen LogP contribution in [0.1, 0.15) is 20.8 Å². The maximum absolute atomic E-state index is 12.6. The van der Waals surface area contributed by atoms with Gasteiger partial charge < -0.3 is 10.5 Å². The van der Waals surface area contributed by atoms with Crippen molar-refractivity contribution >= 4 is 17.6 Å². The van der Waals surface area contributed by atoms with Gasteiger partial charge in [-0.2, -0.15) is 0 Å². The van der Waals surface area contributed by atoms with Gasteiger partial charge in [0.25, 0.3) is 0 Å². The van der Waals surface area contributed by atoms with Crippen LogP contribution in [-0.4, -0.2) is 39.4 Å². The summed E-state index contributed by atoms with van der Waals surface area (Å²) in [5, 5.41) is 4.61. The molecule has 0 saturated carbocycles. The van der Waals surface area contributed by atoms with Crippen molar-refractivity contribution in [2.24, 2.45) is 5.73 Å². The molecule has 1 amide bonds. The zero-order chi connectivity index (χ0) is 18.7. The van der Waals surface area contributed by atoms with E-state index in [0.717, 1.165) is 11.3 Å². The highest BCUT2D eigenvalue weighted by Gasteiger charge is 2.24. The van der Waals surface area contributed by atoms with Gasteiger partial charge in [-0.25, -0.2) is 14.3 Å². The van der Waals surface area contributed by atoms with Crippen LogP contribution in [0.5, 0.6) is 0 Å². The Morgan fingerprint density at radius 3 is 2.58 bits per heavy atom. The number of carbonyl (C=O) groups excluding carboxylic acids is 1. The van der Waals surface area contributed by atoms with Gasteiger partial charge in [-0.05, 0) is 32.9 Å². The third kappa shape index (κ3) is 3.83. The summed E-state index contributed by atoms with van der Waals surface area (Å²) in [5.74, 6) is 0.465. The maximum atomic E-state index is 12.6. The molecule has 2 heterocycles. The lowest BCUT2D eigenvalue weighted by Crippen LogP contribution is -2.40. The molecule has 0 bridgehead atoms. The Morgan fingerprint density at radius 2 is 1.92 bits per heavy atom. The summed E-state index contributed by atoms with van der Waals surface area (Å²) in [5.41, 5.74) is 7.62. The van der Waals surface area contributed by atoms with Crippen LogP contribution in [-0.2, 0) is 4.74 Å². The number of hydrogen-bond acceptors (Lipinski definition) is 5. The second kappa shape index (κ2) is 7.13. The highest BCUT2D eigenvalue weighted by Crippen LogP contribution is 2.22. The van der Waals surface area contributed by atoms with Crippen LogP contribution in [0, 0.1) is 0 Å². The van der Waals surface area contributed by atoms with Gasteiger partial charge >= 0.3 is 6.09 Å². The minimum Gasteiger partial charge on any atom is -0.443 e. The highest BCUT2D eigenvalue weighted by molar-refractivity contribution is 5.86. The molecule has 0 aliphatic carbocycles. The average molecular weight is 353 g/mol. The third-order valence-electron chi connectivity index (χ3n) is 3.66. The molecule has 2 aromatic heterocycles. The number of nitrogens with zero attached hydrogens (tertiary/aromatic N) is 4. The fourth-order valence-electron chi connectivity index (χ4n) is 2.56. The number of ether oxygens (including phenoxy) is 1. The number of fused-ring (bicyclic) bond motifs is 1. The van der Waals surface area contributed by atoms with Gasteiger partial charge in [0.2, 0.25) is 0 Å². The lowest BCUT2D eigenvalue weighted by molar-refractivity contribution is 0.0580. The van der Waals surface area contributed by atoms with Crippen LogP contribution < -0.4 is 10.6 Å². The monoisotopic (exact) mass is 353 g/mol. The highest BCUT2D eigenvalue weighted by atomic mass is 16.6. The lowest BCUT2D eigenvalue weighted by atomic mass is 10.2. The van der Waals surface area contributed by atoms with Crippen LogP contribution in [0.4, 0.5) is 10.6 Å². The Bertz CT molecular complexity index is 899. The Hall–Kier alpha value is -2.93. The number of rotatable bonds is 4. The molecular formula is C19H23N5O2. The molecule has 0 saturated heterocycles. The first-order valence-electron chi connectivity index (χ1n) is 8.50. The van der Waals surface area contributed by atoms with Gasteiger partial charge in [-0.1, -0.05) is 30.3 Å². The largest absolute Gasteiger partial charge is 0.443 e. The molecule has 0 atom stereocenters. The predicted molar refractivity (Wildman–Crippen MR) is 101 cm³/mol. The van der Waals surface area contributed by atoms with E-state index in [-0.39, 0.29) is 0 Å². The minimum atomic E-state index is -0.599. The van der Waals surface area contributed by atoms with Gasteiger partial charge in [-0.3, -0.25) is 4.90 Å². The van der Waals surface area contributed by atoms with Crippen molar-refractivity contribution in [2.45, 2.75) is 26.4 Å². The summed E-state index contributed by atoms with van der Waals surface area (Å²) in [6, 6.07) is 13.4. The second-order valence-electron chi connectivity index (χ2n) is 6.89. The van der Waals surface area contributed by atoms with Gasteiger partial charge in [-0.15, -0.1) is 5.10 Å². The zero-order valence-corrected chi connectivity index (χ0v) is 15.2. The van der Waals surface area contributed by atoms with E-state index in [1.165, 1.54) is 4.90 Å². The predicted octanol–water partition coefficient (Wildman–Crippen LogP) is 3.10. The van der Waals surface area contributed by atoms with Gasteiger partial charge in [0.05, 0.1) is 11.9 Å². The Balaban J connectivity index is 2.02. The Labute approximate surface area is 152 Å². The standard InChI is InChI=1S/C19H23N5O2/c1-19(2,3)26-18(25)23(12-11-20)17-10-9-16-21-13-15(24(16)22-17)14-7-5-4-6-8-14/h4-10,13H,11-12,20H2,1-3H3. The van der Waals surface area contributed by atoms with E-state index in [4.69, 9.17) is 10.5 Å². The first-order valence-corrected chi connectivity index (χ1v) is 8.50. The first kappa shape index (κ1) is 17.9. The van der Waals surface area contributed by atoms with Crippen molar-refractivity contribution in [2.75, 3.05) is 18.0 Å². The molecule has 0 unspecified atom stereocenters. The van der Waals surface area contributed by atoms with E-state index < -0.39 is 11.7 Å². The number of aromatic nitrogens is 3. The number of nitrogens with two attached hydrogens (primary N) is 1. The van der Waals surface area contributed by atoms with E-state index in [1.807, 2.05) is 57.2 Å². The zero-order valence-electron chi connectivity index (χ0n) is 15.2. The van der Waals surface area contributed by atoms with Crippen molar-refractivity contribution in [3.8, 4) is 11.3 Å². The molecule has 0 aliphatic rings. The third-order valence-corrected chi connectivity index (χ3v) is 3.66. The number of carbonyl (C=O) groups is 1. The van der Waals surface area contributed by atoms with Crippen molar-refractivity contribution < 1.29 is 9.53 Å². The quantitative estimate of drug-likeness (QED) is 0.779. The normalized spacial score (nSPS) is 11.5. The van der Waals surface area contributed by atoms with Gasteiger partial charge in [0, 0.05) is 18.7 Å². The fourth-order valence-corrected chi connectivity index (χ4v) is 2.56. The molecule has 0 aliphatic heterocycles. The topological polar surface area (TPSA) is 85.8 Å². The Kier molecular flexibility index (Phi) is 4.90. The average Bonchev–Trinajstić information content (AvgIpc) is 3.02. The van der Waals surface area contributed by atoms with Crippen LogP contribution in [0.2, 0.25) is 0 Å². The molecule has 3 rings (SSSR count). The molecule has 3 aromatic rings. The number of imidazole rings is 1. The van der Waals surface area contributed by atoms with Crippen LogP contribution >= 0.6 is 0 Å². The molecule has 7 heteroatoms. The number of benzene rings is 1. The molecule has 1 aromatic carbocycles. The van der Waals surface area contributed by atoms with Crippen molar-refractivity contribution in [1.29, 1.82) is 0 Å². The van der Waals surface area contributed by atoms with Crippen molar-refractivity contribution in [1.82, 2.24) is 14.6 Å². The lowest BCUT2D eigenvalue weighted by Gasteiger charge is -2.26. The first-order chi connectivity index (χ1) is 12.4. The summed E-state index contributed by atoms with van der Waals surface area (Å²) < 4.78 is 7.20. The number of anilines is 1. The SMILES string of the molecule is CC(C)(C)OC(=O)N(CCN)c1ccc2ncc(-c3ccccc3)n2n1. The molecular weight excluding hydrogens is 330 g/mol. The van der Waals surface area contributed by atoms with Crippen LogP contribution in [0.15, 0.2) is 48.7 Å². The van der Waals surface area contributed by atoms with E-state index in [1.54, 1.807) is 16.8 Å². The molecule has 7 nitrogen and oxygen atoms in total. The summed E-state index contributed by atoms with van der Waals surface area (Å²) in [4.78, 5) is 18.4. The fraction of sp³-hybridized carbons (Fsp3) is 0.316. The number of hydrogen-bond donors (Lipinski definition) is 1. The van der Waals surface area contributed by atoms with E-state index in [2.05, 4.69) is 10.1 Å².